The third-order valence-electron chi connectivity index (χ3n) is 2.87. The van der Waals surface area contributed by atoms with Crippen molar-refractivity contribution in [3.05, 3.63) is 30.1 Å². The average Bonchev–Trinajstić information content (AvgIpc) is 2.28. The first kappa shape index (κ1) is 13.6. The number of hydrogen-bond acceptors (Lipinski definition) is 1. The van der Waals surface area contributed by atoms with E-state index in [4.69, 9.17) is 0 Å². The molecule has 90 valence electrons. The van der Waals surface area contributed by atoms with Crippen LogP contribution in [0.3, 0.4) is 0 Å². The molecule has 0 aromatic carbocycles. The molecule has 1 heterocycles. The van der Waals surface area contributed by atoms with Crippen LogP contribution in [0.1, 0.15) is 44.4 Å². The monoisotopic (exact) mass is 238 g/mol. The molecule has 0 spiro atoms. The standard InChI is InChI=1S/C14H24NS/c1-5-6-9-15-10-7-13(8-11-15)14(16-4)12(2)3/h7-8,10-12,14H,5-6,9H2,1-4H3/q+1. The van der Waals surface area contributed by atoms with Gasteiger partial charge in [-0.1, -0.05) is 27.2 Å². The highest BCUT2D eigenvalue weighted by atomic mass is 32.2. The van der Waals surface area contributed by atoms with Crippen molar-refractivity contribution in [3.63, 3.8) is 0 Å². The normalized spacial score (nSPS) is 13.1. The molecule has 1 unspecified atom stereocenters. The smallest absolute Gasteiger partial charge is 0.169 e. The quantitative estimate of drug-likeness (QED) is 0.681. The van der Waals surface area contributed by atoms with Crippen LogP contribution in [0.4, 0.5) is 0 Å². The van der Waals surface area contributed by atoms with Gasteiger partial charge in [-0.2, -0.15) is 11.8 Å². The van der Waals surface area contributed by atoms with E-state index < -0.39 is 0 Å². The van der Waals surface area contributed by atoms with Crippen LogP contribution < -0.4 is 4.57 Å². The van der Waals surface area contributed by atoms with E-state index in [1.165, 1.54) is 18.4 Å². The third-order valence-corrected chi connectivity index (χ3v) is 4.20. The van der Waals surface area contributed by atoms with Gasteiger partial charge < -0.3 is 0 Å². The highest BCUT2D eigenvalue weighted by molar-refractivity contribution is 7.98. The second kappa shape index (κ2) is 6.95. The van der Waals surface area contributed by atoms with Crippen molar-refractivity contribution in [2.75, 3.05) is 6.26 Å². The maximum atomic E-state index is 2.29. The van der Waals surface area contributed by atoms with Crippen molar-refractivity contribution in [1.82, 2.24) is 0 Å². The number of thioether (sulfide) groups is 1. The van der Waals surface area contributed by atoms with Crippen LogP contribution >= 0.6 is 11.8 Å². The lowest BCUT2D eigenvalue weighted by atomic mass is 10.0. The summed E-state index contributed by atoms with van der Waals surface area (Å²) in [7, 11) is 0. The van der Waals surface area contributed by atoms with Gasteiger partial charge in [-0.25, -0.2) is 4.57 Å². The van der Waals surface area contributed by atoms with Gasteiger partial charge in [0.05, 0.1) is 0 Å². The second-order valence-corrected chi connectivity index (χ2v) is 5.60. The molecule has 0 N–H and O–H groups in total. The minimum atomic E-state index is 0.626. The number of hydrogen-bond donors (Lipinski definition) is 0. The summed E-state index contributed by atoms with van der Waals surface area (Å²) in [5.74, 6) is 0.696. The lowest BCUT2D eigenvalue weighted by Gasteiger charge is -2.17. The van der Waals surface area contributed by atoms with Gasteiger partial charge in [-0.3, -0.25) is 0 Å². The van der Waals surface area contributed by atoms with E-state index in [-0.39, 0.29) is 0 Å². The zero-order valence-electron chi connectivity index (χ0n) is 10.9. The molecule has 0 aliphatic carbocycles. The van der Waals surface area contributed by atoms with Crippen molar-refractivity contribution >= 4 is 11.8 Å². The molecular weight excluding hydrogens is 214 g/mol. The van der Waals surface area contributed by atoms with Crippen molar-refractivity contribution in [3.8, 4) is 0 Å². The Morgan fingerprint density at radius 1 is 1.25 bits per heavy atom. The number of rotatable bonds is 6. The van der Waals surface area contributed by atoms with E-state index in [0.717, 1.165) is 6.54 Å². The fourth-order valence-electron chi connectivity index (χ4n) is 1.94. The Labute approximate surface area is 104 Å². The lowest BCUT2D eigenvalue weighted by molar-refractivity contribution is -0.697. The zero-order chi connectivity index (χ0) is 12.0. The molecule has 16 heavy (non-hydrogen) atoms. The van der Waals surface area contributed by atoms with Crippen LogP contribution in [0.15, 0.2) is 24.5 Å². The van der Waals surface area contributed by atoms with Crippen LogP contribution in [0, 0.1) is 5.92 Å². The topological polar surface area (TPSA) is 3.88 Å². The van der Waals surface area contributed by atoms with Gasteiger partial charge in [0, 0.05) is 23.8 Å². The molecule has 1 rings (SSSR count). The number of nitrogens with zero attached hydrogens (tertiary/aromatic N) is 1. The molecule has 2 heteroatoms. The molecular formula is C14H24NS+. The van der Waals surface area contributed by atoms with E-state index >= 15 is 0 Å². The van der Waals surface area contributed by atoms with Crippen LogP contribution in [0.25, 0.3) is 0 Å². The molecule has 0 bridgehead atoms. The number of pyridine rings is 1. The molecule has 0 aliphatic heterocycles. The van der Waals surface area contributed by atoms with Crippen LogP contribution in [-0.2, 0) is 6.54 Å². The van der Waals surface area contributed by atoms with Gasteiger partial charge in [0.25, 0.3) is 0 Å². The summed E-state index contributed by atoms with van der Waals surface area (Å²) in [5.41, 5.74) is 1.45. The summed E-state index contributed by atoms with van der Waals surface area (Å²) in [6.07, 6.45) is 9.16. The first-order valence-corrected chi connectivity index (χ1v) is 7.49. The molecule has 0 saturated heterocycles. The maximum Gasteiger partial charge on any atom is 0.169 e. The maximum absolute atomic E-state index is 2.29. The van der Waals surface area contributed by atoms with Crippen molar-refractivity contribution in [1.29, 1.82) is 0 Å². The van der Waals surface area contributed by atoms with Gasteiger partial charge in [-0.05, 0) is 17.7 Å². The van der Waals surface area contributed by atoms with Crippen LogP contribution in [0.5, 0.6) is 0 Å². The Bertz CT molecular complexity index is 292. The van der Waals surface area contributed by atoms with E-state index in [1.807, 2.05) is 11.8 Å². The summed E-state index contributed by atoms with van der Waals surface area (Å²) in [5, 5.41) is 0.626. The zero-order valence-corrected chi connectivity index (χ0v) is 11.8. The van der Waals surface area contributed by atoms with Gasteiger partial charge in [0.2, 0.25) is 0 Å². The molecule has 0 saturated carbocycles. The Kier molecular flexibility index (Phi) is 5.89. The Hall–Kier alpha value is -0.500. The third kappa shape index (κ3) is 3.82. The van der Waals surface area contributed by atoms with Gasteiger partial charge in [0.1, 0.15) is 6.54 Å². The van der Waals surface area contributed by atoms with Crippen LogP contribution in [-0.4, -0.2) is 6.26 Å². The summed E-state index contributed by atoms with van der Waals surface area (Å²) in [6.45, 7) is 7.96. The van der Waals surface area contributed by atoms with Gasteiger partial charge >= 0.3 is 0 Å². The van der Waals surface area contributed by atoms with Gasteiger partial charge in [-0.15, -0.1) is 0 Å². The van der Waals surface area contributed by atoms with E-state index in [1.54, 1.807) is 0 Å². The molecule has 0 fully saturated rings. The van der Waals surface area contributed by atoms with E-state index in [0.29, 0.717) is 11.2 Å². The SMILES string of the molecule is CCCC[n+]1ccc(C(SC)C(C)C)cc1. The van der Waals surface area contributed by atoms with Crippen molar-refractivity contribution in [2.45, 2.75) is 45.4 Å². The lowest BCUT2D eigenvalue weighted by Crippen LogP contribution is -2.32. The summed E-state index contributed by atoms with van der Waals surface area (Å²) < 4.78 is 2.28. The second-order valence-electron chi connectivity index (χ2n) is 4.62. The summed E-state index contributed by atoms with van der Waals surface area (Å²) in [6, 6.07) is 4.55. The average molecular weight is 238 g/mol. The first-order chi connectivity index (χ1) is 7.69. The first-order valence-electron chi connectivity index (χ1n) is 6.20. The number of aryl methyl sites for hydroxylation is 1. The minimum absolute atomic E-state index is 0.626. The van der Waals surface area contributed by atoms with Crippen LogP contribution in [0.2, 0.25) is 0 Å². The fraction of sp³-hybridized carbons (Fsp3) is 0.643. The predicted molar refractivity (Wildman–Crippen MR) is 72.6 cm³/mol. The Morgan fingerprint density at radius 3 is 2.31 bits per heavy atom. The molecule has 1 aromatic heterocycles. The Morgan fingerprint density at radius 2 is 1.88 bits per heavy atom. The molecule has 1 aromatic rings. The van der Waals surface area contributed by atoms with E-state index in [9.17, 15) is 0 Å². The summed E-state index contributed by atoms with van der Waals surface area (Å²) >= 11 is 1.95. The molecule has 1 atom stereocenters. The summed E-state index contributed by atoms with van der Waals surface area (Å²) in [4.78, 5) is 0. The number of unbranched alkanes of at least 4 members (excludes halogenated alkanes) is 1. The minimum Gasteiger partial charge on any atom is -0.205 e. The van der Waals surface area contributed by atoms with Crippen molar-refractivity contribution in [2.24, 2.45) is 5.92 Å². The Balaban J connectivity index is 2.69. The predicted octanol–water partition coefficient (Wildman–Crippen LogP) is 3.83. The highest BCUT2D eigenvalue weighted by Gasteiger charge is 2.15. The van der Waals surface area contributed by atoms with Gasteiger partial charge in [0.15, 0.2) is 12.4 Å². The fourth-order valence-corrected chi connectivity index (χ4v) is 2.92. The molecule has 1 nitrogen and oxygen atoms in total. The number of aromatic nitrogens is 1. The molecule has 0 radical (unpaired) electrons. The molecule has 0 amide bonds. The van der Waals surface area contributed by atoms with E-state index in [2.05, 4.69) is 56.1 Å². The highest BCUT2D eigenvalue weighted by Crippen LogP contribution is 2.32. The van der Waals surface area contributed by atoms with Crippen molar-refractivity contribution < 1.29 is 4.57 Å². The largest absolute Gasteiger partial charge is 0.205 e. The molecule has 0 aliphatic rings.